The predicted octanol–water partition coefficient (Wildman–Crippen LogP) is 3.83. The van der Waals surface area contributed by atoms with Gasteiger partial charge in [-0.05, 0) is 55.5 Å². The van der Waals surface area contributed by atoms with E-state index in [-0.39, 0.29) is 0 Å². The van der Waals surface area contributed by atoms with Gasteiger partial charge in [-0.2, -0.15) is 4.28 Å². The van der Waals surface area contributed by atoms with E-state index in [9.17, 15) is 4.79 Å². The number of aryl methyl sites for hydroxylation is 1. The van der Waals surface area contributed by atoms with Crippen molar-refractivity contribution in [2.75, 3.05) is 39.7 Å². The molecule has 0 atom stereocenters. The van der Waals surface area contributed by atoms with Gasteiger partial charge in [0.05, 0.1) is 12.8 Å². The number of nitrogens with zero attached hydrogens (tertiary/aromatic N) is 2. The highest BCUT2D eigenvalue weighted by Crippen LogP contribution is 2.38. The second kappa shape index (κ2) is 11.2. The standard InChI is InChI=1S/C21H28N4O4S/c1-25(12-5-13-27-2)30-29-24-21(26)23-20-17-7-4-6-15(17)8-9-18(20)16-10-11-22-19(14-16)28-3/h8-11,14H,4-7,12-13H2,1-3H3,(H2,23,24,26). The number of hydrogen-bond acceptors (Lipinski definition) is 7. The van der Waals surface area contributed by atoms with Gasteiger partial charge in [-0.1, -0.05) is 12.1 Å². The highest BCUT2D eigenvalue weighted by atomic mass is 32.2. The first-order chi connectivity index (χ1) is 14.6. The van der Waals surface area contributed by atoms with Crippen LogP contribution in [0.25, 0.3) is 11.1 Å². The Hall–Kier alpha value is -2.33. The van der Waals surface area contributed by atoms with Crippen molar-refractivity contribution >= 4 is 23.9 Å². The van der Waals surface area contributed by atoms with Gasteiger partial charge in [-0.25, -0.2) is 19.6 Å². The number of rotatable bonds is 10. The molecule has 162 valence electrons. The van der Waals surface area contributed by atoms with Crippen molar-refractivity contribution < 1.29 is 18.6 Å². The van der Waals surface area contributed by atoms with Crippen LogP contribution in [-0.2, 0) is 21.9 Å². The molecule has 0 saturated carbocycles. The second-order valence-electron chi connectivity index (χ2n) is 6.98. The van der Waals surface area contributed by atoms with Crippen molar-refractivity contribution in [3.8, 4) is 17.0 Å². The van der Waals surface area contributed by atoms with E-state index in [4.69, 9.17) is 13.8 Å². The van der Waals surface area contributed by atoms with Crippen LogP contribution >= 0.6 is 12.2 Å². The Labute approximate surface area is 181 Å². The number of fused-ring (bicyclic) bond motifs is 1. The summed E-state index contributed by atoms with van der Waals surface area (Å²) in [4.78, 5) is 16.7. The van der Waals surface area contributed by atoms with E-state index in [0.29, 0.717) is 12.5 Å². The number of hydroxylamine groups is 1. The largest absolute Gasteiger partial charge is 0.481 e. The van der Waals surface area contributed by atoms with Crippen molar-refractivity contribution in [3.63, 3.8) is 0 Å². The molecule has 8 nitrogen and oxygen atoms in total. The summed E-state index contributed by atoms with van der Waals surface area (Å²) in [6, 6.07) is 7.52. The summed E-state index contributed by atoms with van der Waals surface area (Å²) in [7, 11) is 5.15. The first-order valence-electron chi connectivity index (χ1n) is 9.88. The molecule has 2 amide bonds. The van der Waals surface area contributed by atoms with Gasteiger partial charge < -0.3 is 14.8 Å². The molecule has 0 fully saturated rings. The lowest BCUT2D eigenvalue weighted by Crippen LogP contribution is -2.29. The highest BCUT2D eigenvalue weighted by molar-refractivity contribution is 7.92. The maximum Gasteiger partial charge on any atom is 0.344 e. The molecule has 0 spiro atoms. The highest BCUT2D eigenvalue weighted by Gasteiger charge is 2.21. The third kappa shape index (κ3) is 5.85. The van der Waals surface area contributed by atoms with E-state index in [1.54, 1.807) is 20.4 Å². The van der Waals surface area contributed by atoms with E-state index >= 15 is 0 Å². The SMILES string of the molecule is COCCCN(C)SONC(=O)Nc1c(-c2ccnc(OC)c2)ccc2c1CCC2. The molecule has 30 heavy (non-hydrogen) atoms. The molecular weight excluding hydrogens is 404 g/mol. The van der Waals surface area contributed by atoms with E-state index in [2.05, 4.69) is 21.8 Å². The summed E-state index contributed by atoms with van der Waals surface area (Å²) >= 11 is 1.08. The lowest BCUT2D eigenvalue weighted by molar-refractivity contribution is 0.186. The third-order valence-corrected chi connectivity index (χ3v) is 5.49. The molecule has 1 heterocycles. The molecule has 2 N–H and O–H groups in total. The Morgan fingerprint density at radius 3 is 2.93 bits per heavy atom. The summed E-state index contributed by atoms with van der Waals surface area (Å²) in [5.41, 5.74) is 7.54. The van der Waals surface area contributed by atoms with Gasteiger partial charge in [0.1, 0.15) is 12.2 Å². The van der Waals surface area contributed by atoms with Gasteiger partial charge in [0.25, 0.3) is 0 Å². The zero-order chi connectivity index (χ0) is 21.3. The second-order valence-corrected chi connectivity index (χ2v) is 7.92. The van der Waals surface area contributed by atoms with Crippen LogP contribution in [0.15, 0.2) is 30.5 Å². The Morgan fingerprint density at radius 1 is 1.27 bits per heavy atom. The lowest BCUT2D eigenvalue weighted by atomic mass is 9.98. The molecule has 0 saturated heterocycles. The van der Waals surface area contributed by atoms with Crippen LogP contribution in [0, 0.1) is 0 Å². The number of anilines is 1. The van der Waals surface area contributed by atoms with Crippen molar-refractivity contribution in [1.82, 2.24) is 14.8 Å². The molecule has 0 unspecified atom stereocenters. The zero-order valence-electron chi connectivity index (χ0n) is 17.6. The number of ether oxygens (including phenoxy) is 2. The minimum atomic E-state index is -0.421. The van der Waals surface area contributed by atoms with Gasteiger partial charge in [-0.15, -0.1) is 0 Å². The monoisotopic (exact) mass is 432 g/mol. The molecule has 1 aromatic heterocycles. The van der Waals surface area contributed by atoms with E-state index < -0.39 is 6.03 Å². The summed E-state index contributed by atoms with van der Waals surface area (Å²) in [6.07, 6.45) is 5.60. The Morgan fingerprint density at radius 2 is 2.13 bits per heavy atom. The number of urea groups is 1. The van der Waals surface area contributed by atoms with Crippen molar-refractivity contribution in [3.05, 3.63) is 41.6 Å². The molecule has 3 rings (SSSR count). The summed E-state index contributed by atoms with van der Waals surface area (Å²) in [5.74, 6) is 0.527. The van der Waals surface area contributed by atoms with Crippen LogP contribution in [0.5, 0.6) is 5.88 Å². The van der Waals surface area contributed by atoms with Gasteiger partial charge >= 0.3 is 6.03 Å². The molecule has 1 aliphatic carbocycles. The van der Waals surface area contributed by atoms with Crippen LogP contribution in [0.4, 0.5) is 10.5 Å². The minimum absolute atomic E-state index is 0.421. The number of methoxy groups -OCH3 is 2. The summed E-state index contributed by atoms with van der Waals surface area (Å²) < 4.78 is 17.4. The fourth-order valence-corrected chi connectivity index (χ4v) is 3.91. The van der Waals surface area contributed by atoms with Crippen LogP contribution in [0.1, 0.15) is 24.0 Å². The third-order valence-electron chi connectivity index (χ3n) is 4.90. The molecule has 0 radical (unpaired) electrons. The van der Waals surface area contributed by atoms with E-state index in [1.165, 1.54) is 11.1 Å². The molecule has 2 aromatic rings. The van der Waals surface area contributed by atoms with Gasteiger partial charge in [0, 0.05) is 38.1 Å². The zero-order valence-corrected chi connectivity index (χ0v) is 18.4. The Kier molecular flexibility index (Phi) is 8.32. The minimum Gasteiger partial charge on any atom is -0.481 e. The number of benzene rings is 1. The van der Waals surface area contributed by atoms with Crippen LogP contribution in [0.2, 0.25) is 0 Å². The number of pyridine rings is 1. The Bertz CT molecular complexity index is 865. The van der Waals surface area contributed by atoms with Crippen LogP contribution in [0.3, 0.4) is 0 Å². The number of carbonyl (C=O) groups excluding carboxylic acids is 1. The van der Waals surface area contributed by atoms with Gasteiger partial charge in [0.2, 0.25) is 5.88 Å². The van der Waals surface area contributed by atoms with Crippen molar-refractivity contribution in [2.24, 2.45) is 0 Å². The van der Waals surface area contributed by atoms with Crippen LogP contribution < -0.4 is 15.5 Å². The maximum atomic E-state index is 12.5. The average molecular weight is 433 g/mol. The molecule has 9 heteroatoms. The van der Waals surface area contributed by atoms with Crippen molar-refractivity contribution in [2.45, 2.75) is 25.7 Å². The molecular formula is C21H28N4O4S. The molecule has 0 aliphatic heterocycles. The average Bonchev–Trinajstić information content (AvgIpc) is 3.23. The predicted molar refractivity (Wildman–Crippen MR) is 118 cm³/mol. The number of amides is 2. The fraction of sp³-hybridized carbons (Fsp3) is 0.429. The Balaban J connectivity index is 1.69. The quantitative estimate of drug-likeness (QED) is 0.255. The summed E-state index contributed by atoms with van der Waals surface area (Å²) in [5, 5.41) is 2.98. The lowest BCUT2D eigenvalue weighted by Gasteiger charge is -2.17. The molecule has 1 aliphatic rings. The first-order valence-corrected chi connectivity index (χ1v) is 10.6. The van der Waals surface area contributed by atoms with Gasteiger partial charge in [0.15, 0.2) is 0 Å². The smallest absolute Gasteiger partial charge is 0.344 e. The number of hydrogen-bond donors (Lipinski definition) is 2. The van der Waals surface area contributed by atoms with Gasteiger partial charge in [-0.3, -0.25) is 0 Å². The summed E-state index contributed by atoms with van der Waals surface area (Å²) in [6.45, 7) is 1.46. The van der Waals surface area contributed by atoms with Crippen LogP contribution in [-0.4, -0.2) is 49.7 Å². The first kappa shape index (κ1) is 22.4. The van der Waals surface area contributed by atoms with E-state index in [1.807, 2.05) is 29.6 Å². The van der Waals surface area contributed by atoms with Crippen molar-refractivity contribution in [1.29, 1.82) is 0 Å². The van der Waals surface area contributed by atoms with E-state index in [0.717, 1.165) is 61.3 Å². The topological polar surface area (TPSA) is 85.0 Å². The normalized spacial score (nSPS) is 12.7. The molecule has 1 aromatic carbocycles. The maximum absolute atomic E-state index is 12.5. The molecule has 0 bridgehead atoms. The number of aromatic nitrogens is 1. The number of nitrogens with one attached hydrogen (secondary N) is 2. The fourth-order valence-electron chi connectivity index (χ4n) is 3.47. The number of carbonyl (C=O) groups is 1.